The third kappa shape index (κ3) is 4.56. The Bertz CT molecular complexity index is 648. The number of oxazole rings is 1. The van der Waals surface area contributed by atoms with Crippen molar-refractivity contribution in [2.45, 2.75) is 19.3 Å². The van der Waals surface area contributed by atoms with Gasteiger partial charge in [-0.2, -0.15) is 0 Å². The third-order valence-corrected chi connectivity index (χ3v) is 4.27. The van der Waals surface area contributed by atoms with E-state index in [4.69, 9.17) is 16.0 Å². The highest BCUT2D eigenvalue weighted by Gasteiger charge is 2.15. The fourth-order valence-electron chi connectivity index (χ4n) is 2.72. The van der Waals surface area contributed by atoms with Gasteiger partial charge in [-0.05, 0) is 56.1 Å². The van der Waals surface area contributed by atoms with Gasteiger partial charge in [-0.15, -0.1) is 0 Å². The van der Waals surface area contributed by atoms with Crippen LogP contribution in [0.4, 0.5) is 0 Å². The molecule has 0 saturated carbocycles. The monoisotopic (exact) mass is 333 g/mol. The Labute approximate surface area is 140 Å². The van der Waals surface area contributed by atoms with Crippen LogP contribution in [0.15, 0.2) is 34.9 Å². The molecule has 1 aliphatic heterocycles. The maximum Gasteiger partial charge on any atom is 0.226 e. The zero-order valence-electron chi connectivity index (χ0n) is 12.8. The summed E-state index contributed by atoms with van der Waals surface area (Å²) in [5.41, 5.74) is 1.48. The second-order valence-corrected chi connectivity index (χ2v) is 6.26. The summed E-state index contributed by atoms with van der Waals surface area (Å²) in [6.07, 6.45) is 3.99. The van der Waals surface area contributed by atoms with E-state index in [0.717, 1.165) is 25.1 Å². The minimum absolute atomic E-state index is 0.0214. The molecule has 23 heavy (non-hydrogen) atoms. The molecule has 5 nitrogen and oxygen atoms in total. The first-order valence-corrected chi connectivity index (χ1v) is 8.26. The van der Waals surface area contributed by atoms with Crippen LogP contribution in [0.5, 0.6) is 0 Å². The summed E-state index contributed by atoms with van der Waals surface area (Å²) in [5, 5.41) is 6.94. The van der Waals surface area contributed by atoms with Crippen LogP contribution in [0.3, 0.4) is 0 Å². The van der Waals surface area contributed by atoms with Crippen LogP contribution in [0, 0.1) is 5.92 Å². The number of nitrogens with one attached hydrogen (secondary N) is 2. The SMILES string of the molecule is O=C(Cc1coc(-c2ccc(Cl)cc2)n1)NCCC1CCNC1. The molecule has 1 atom stereocenters. The molecule has 1 aliphatic rings. The van der Waals surface area contributed by atoms with Crippen molar-refractivity contribution < 1.29 is 9.21 Å². The Morgan fingerprint density at radius 1 is 1.39 bits per heavy atom. The number of carbonyl (C=O) groups excluding carboxylic acids is 1. The predicted molar refractivity (Wildman–Crippen MR) is 89.3 cm³/mol. The normalized spacial score (nSPS) is 17.3. The summed E-state index contributed by atoms with van der Waals surface area (Å²) in [4.78, 5) is 16.3. The summed E-state index contributed by atoms with van der Waals surface area (Å²) in [6.45, 7) is 2.86. The first kappa shape index (κ1) is 16.0. The average molecular weight is 334 g/mol. The largest absolute Gasteiger partial charge is 0.444 e. The molecule has 1 saturated heterocycles. The molecule has 1 fully saturated rings. The predicted octanol–water partition coefficient (Wildman–Crippen LogP) is 2.65. The standard InChI is InChI=1S/C17H20ClN3O2/c18-14-3-1-13(2-4-14)17-21-15(11-23-17)9-16(22)20-8-6-12-5-7-19-10-12/h1-4,11-12,19H,5-10H2,(H,20,22). The van der Waals surface area contributed by atoms with Gasteiger partial charge in [0.05, 0.1) is 12.1 Å². The van der Waals surface area contributed by atoms with Crippen LogP contribution < -0.4 is 10.6 Å². The van der Waals surface area contributed by atoms with Crippen LogP contribution in [0.1, 0.15) is 18.5 Å². The number of benzene rings is 1. The van der Waals surface area contributed by atoms with Crippen molar-refractivity contribution in [2.75, 3.05) is 19.6 Å². The maximum absolute atomic E-state index is 12.0. The Balaban J connectivity index is 1.48. The molecular formula is C17H20ClN3O2. The van der Waals surface area contributed by atoms with Crippen molar-refractivity contribution in [1.29, 1.82) is 0 Å². The summed E-state index contributed by atoms with van der Waals surface area (Å²) in [7, 11) is 0. The number of hydrogen-bond donors (Lipinski definition) is 2. The summed E-state index contributed by atoms with van der Waals surface area (Å²) in [6, 6.07) is 7.25. The minimum Gasteiger partial charge on any atom is -0.444 e. The van der Waals surface area contributed by atoms with Gasteiger partial charge in [-0.3, -0.25) is 4.79 Å². The molecule has 0 bridgehead atoms. The van der Waals surface area contributed by atoms with Gasteiger partial charge in [0.2, 0.25) is 11.8 Å². The van der Waals surface area contributed by atoms with E-state index < -0.39 is 0 Å². The lowest BCUT2D eigenvalue weighted by atomic mass is 10.1. The summed E-state index contributed by atoms with van der Waals surface area (Å²) in [5.74, 6) is 1.16. The van der Waals surface area contributed by atoms with Gasteiger partial charge in [-0.25, -0.2) is 4.98 Å². The molecular weight excluding hydrogens is 314 g/mol. The smallest absolute Gasteiger partial charge is 0.226 e. The van der Waals surface area contributed by atoms with E-state index in [1.54, 1.807) is 12.1 Å². The number of nitrogens with zero attached hydrogens (tertiary/aromatic N) is 1. The van der Waals surface area contributed by atoms with Crippen molar-refractivity contribution in [1.82, 2.24) is 15.6 Å². The van der Waals surface area contributed by atoms with Crippen molar-refractivity contribution in [3.8, 4) is 11.5 Å². The molecule has 0 aliphatic carbocycles. The summed E-state index contributed by atoms with van der Waals surface area (Å²) >= 11 is 5.86. The second-order valence-electron chi connectivity index (χ2n) is 5.83. The molecule has 2 aromatic rings. The number of hydrogen-bond acceptors (Lipinski definition) is 4. The minimum atomic E-state index is -0.0214. The van der Waals surface area contributed by atoms with Crippen LogP contribution in [0.25, 0.3) is 11.5 Å². The summed E-state index contributed by atoms with van der Waals surface area (Å²) < 4.78 is 5.43. The zero-order chi connectivity index (χ0) is 16.1. The number of carbonyl (C=O) groups is 1. The molecule has 6 heteroatoms. The first-order valence-electron chi connectivity index (χ1n) is 7.88. The fourth-order valence-corrected chi connectivity index (χ4v) is 2.84. The molecule has 2 N–H and O–H groups in total. The van der Waals surface area contributed by atoms with Gasteiger partial charge in [0.25, 0.3) is 0 Å². The van der Waals surface area contributed by atoms with E-state index in [0.29, 0.717) is 29.1 Å². The van der Waals surface area contributed by atoms with Crippen molar-refractivity contribution in [3.05, 3.63) is 41.2 Å². The molecule has 1 aromatic heterocycles. The Morgan fingerprint density at radius 3 is 2.96 bits per heavy atom. The molecule has 2 heterocycles. The van der Waals surface area contributed by atoms with Gasteiger partial charge in [0.1, 0.15) is 6.26 Å². The van der Waals surface area contributed by atoms with Crippen LogP contribution in [0.2, 0.25) is 5.02 Å². The van der Waals surface area contributed by atoms with Crippen LogP contribution in [-0.4, -0.2) is 30.5 Å². The lowest BCUT2D eigenvalue weighted by Gasteiger charge is -2.08. The van der Waals surface area contributed by atoms with Gasteiger partial charge in [0.15, 0.2) is 0 Å². The highest BCUT2D eigenvalue weighted by Crippen LogP contribution is 2.21. The molecule has 1 amide bonds. The van der Waals surface area contributed by atoms with E-state index in [1.807, 2.05) is 12.1 Å². The molecule has 1 aromatic carbocycles. The first-order chi connectivity index (χ1) is 11.2. The average Bonchev–Trinajstić information content (AvgIpc) is 3.20. The second kappa shape index (κ2) is 7.62. The van der Waals surface area contributed by atoms with E-state index in [-0.39, 0.29) is 12.3 Å². The molecule has 122 valence electrons. The fraction of sp³-hybridized carbons (Fsp3) is 0.412. The van der Waals surface area contributed by atoms with E-state index in [1.165, 1.54) is 12.7 Å². The number of halogens is 1. The lowest BCUT2D eigenvalue weighted by Crippen LogP contribution is -2.27. The van der Waals surface area contributed by atoms with Crippen LogP contribution in [-0.2, 0) is 11.2 Å². The van der Waals surface area contributed by atoms with E-state index in [9.17, 15) is 4.79 Å². The quantitative estimate of drug-likeness (QED) is 0.853. The number of amides is 1. The molecule has 0 radical (unpaired) electrons. The molecule has 0 spiro atoms. The van der Waals surface area contributed by atoms with Gasteiger partial charge < -0.3 is 15.1 Å². The van der Waals surface area contributed by atoms with E-state index >= 15 is 0 Å². The molecule has 3 rings (SSSR count). The van der Waals surface area contributed by atoms with E-state index in [2.05, 4.69) is 15.6 Å². The maximum atomic E-state index is 12.0. The Kier molecular flexibility index (Phi) is 5.31. The topological polar surface area (TPSA) is 67.2 Å². The highest BCUT2D eigenvalue weighted by atomic mass is 35.5. The van der Waals surface area contributed by atoms with Gasteiger partial charge in [0, 0.05) is 17.1 Å². The Hall–Kier alpha value is -1.85. The molecule has 1 unspecified atom stereocenters. The third-order valence-electron chi connectivity index (χ3n) is 4.02. The van der Waals surface area contributed by atoms with Crippen molar-refractivity contribution in [3.63, 3.8) is 0 Å². The van der Waals surface area contributed by atoms with Gasteiger partial charge >= 0.3 is 0 Å². The highest BCUT2D eigenvalue weighted by molar-refractivity contribution is 6.30. The van der Waals surface area contributed by atoms with Crippen molar-refractivity contribution >= 4 is 17.5 Å². The number of aromatic nitrogens is 1. The Morgan fingerprint density at radius 2 is 2.22 bits per heavy atom. The van der Waals surface area contributed by atoms with Crippen LogP contribution >= 0.6 is 11.6 Å². The number of rotatable bonds is 6. The zero-order valence-corrected chi connectivity index (χ0v) is 13.6. The lowest BCUT2D eigenvalue weighted by molar-refractivity contribution is -0.120. The van der Waals surface area contributed by atoms with Gasteiger partial charge in [-0.1, -0.05) is 11.6 Å². The van der Waals surface area contributed by atoms with Crippen molar-refractivity contribution in [2.24, 2.45) is 5.92 Å².